The van der Waals surface area contributed by atoms with Gasteiger partial charge in [0.05, 0.1) is 5.56 Å². The summed E-state index contributed by atoms with van der Waals surface area (Å²) in [6.07, 6.45) is -4.77. The number of benzene rings is 1. The molecule has 0 unspecified atom stereocenters. The van der Waals surface area contributed by atoms with E-state index in [2.05, 4.69) is 15.9 Å². The molecule has 5 N–H and O–H groups in total. The van der Waals surface area contributed by atoms with Crippen molar-refractivity contribution in [1.82, 2.24) is 4.98 Å². The number of H-pyrrole nitrogens is 1. The molecule has 0 radical (unpaired) electrons. The maximum absolute atomic E-state index is 13.0. The topological polar surface area (TPSA) is 133 Å². The number of nitrogen functional groups attached to an aromatic ring is 1. The highest BCUT2D eigenvalue weighted by Crippen LogP contribution is 2.39. The Labute approximate surface area is 145 Å². The summed E-state index contributed by atoms with van der Waals surface area (Å²) in [4.78, 5) is 36.6. The Hall–Kier alpha value is -2.82. The number of nitrogens with one attached hydrogen (secondary N) is 1. The van der Waals surface area contributed by atoms with Gasteiger partial charge in [0.15, 0.2) is 0 Å². The van der Waals surface area contributed by atoms with E-state index in [0.717, 1.165) is 6.07 Å². The van der Waals surface area contributed by atoms with Crippen molar-refractivity contribution in [3.63, 3.8) is 0 Å². The molecule has 11 heteroatoms. The number of aromatic nitrogens is 1. The fourth-order valence-electron chi connectivity index (χ4n) is 2.21. The molecule has 0 bridgehead atoms. The van der Waals surface area contributed by atoms with Gasteiger partial charge in [0, 0.05) is 10.0 Å². The van der Waals surface area contributed by atoms with E-state index in [1.807, 2.05) is 4.98 Å². The molecule has 2 aromatic rings. The molecule has 132 valence electrons. The molecule has 0 aliphatic heterocycles. The van der Waals surface area contributed by atoms with Crippen molar-refractivity contribution in [1.29, 1.82) is 0 Å². The highest BCUT2D eigenvalue weighted by molar-refractivity contribution is 9.10. The molecule has 25 heavy (non-hydrogen) atoms. The lowest BCUT2D eigenvalue weighted by atomic mass is 9.94. The molecule has 0 aliphatic carbocycles. The SMILES string of the molecule is Nc1[nH]c(=O)c(C(=O)O)c(-c2cc(C(F)(F)F)ccc2Br)c1C(=O)O. The summed E-state index contributed by atoms with van der Waals surface area (Å²) in [5.41, 5.74) is 0.0170. The first-order valence-corrected chi connectivity index (χ1v) is 7.14. The standard InChI is InChI=1S/C14H8BrF3N2O5/c15-6-2-1-4(14(16,17)18)3-5(6)7-8(12(22)23)10(19)20-11(21)9(7)13(24)25/h1-3H,(H,22,23)(H,24,25)(H3,19,20,21). The van der Waals surface area contributed by atoms with Crippen molar-refractivity contribution < 1.29 is 33.0 Å². The molecule has 0 fully saturated rings. The number of nitrogens with two attached hydrogens (primary N) is 1. The summed E-state index contributed by atoms with van der Waals surface area (Å²) in [5.74, 6) is -4.21. The van der Waals surface area contributed by atoms with Gasteiger partial charge in [-0.15, -0.1) is 0 Å². The minimum atomic E-state index is -4.77. The molecule has 1 aromatic heterocycles. The lowest BCUT2D eigenvalue weighted by molar-refractivity contribution is -0.137. The quantitative estimate of drug-likeness (QED) is 0.603. The first-order chi connectivity index (χ1) is 11.4. The van der Waals surface area contributed by atoms with Crippen molar-refractivity contribution in [3.05, 3.63) is 49.7 Å². The Morgan fingerprint density at radius 1 is 1.12 bits per heavy atom. The number of carboxylic acid groups (broad SMARTS) is 2. The van der Waals surface area contributed by atoms with E-state index < -0.39 is 57.3 Å². The predicted octanol–water partition coefficient (Wildman–Crippen LogP) is 2.80. The zero-order valence-corrected chi connectivity index (χ0v) is 13.5. The van der Waals surface area contributed by atoms with Crippen molar-refractivity contribution >= 4 is 33.7 Å². The molecule has 1 aromatic carbocycles. The summed E-state index contributed by atoms with van der Waals surface area (Å²) in [7, 11) is 0. The molecule has 0 spiro atoms. The fourth-order valence-corrected chi connectivity index (χ4v) is 2.65. The number of alkyl halides is 3. The van der Waals surface area contributed by atoms with Crippen molar-refractivity contribution in [2.45, 2.75) is 6.18 Å². The van der Waals surface area contributed by atoms with Gasteiger partial charge in [0.25, 0.3) is 5.56 Å². The van der Waals surface area contributed by atoms with Gasteiger partial charge in [-0.05, 0) is 23.8 Å². The van der Waals surface area contributed by atoms with E-state index in [4.69, 9.17) is 5.73 Å². The molecule has 0 saturated heterocycles. The van der Waals surface area contributed by atoms with Crippen LogP contribution in [-0.4, -0.2) is 27.1 Å². The highest BCUT2D eigenvalue weighted by atomic mass is 79.9. The second-order valence-electron chi connectivity index (χ2n) is 4.80. The summed E-state index contributed by atoms with van der Waals surface area (Å²) < 4.78 is 38.8. The maximum atomic E-state index is 13.0. The number of aromatic carboxylic acids is 2. The molecule has 0 aliphatic rings. The van der Waals surface area contributed by atoms with Crippen LogP contribution >= 0.6 is 15.9 Å². The zero-order valence-electron chi connectivity index (χ0n) is 11.9. The van der Waals surface area contributed by atoms with E-state index in [9.17, 15) is 37.8 Å². The smallest absolute Gasteiger partial charge is 0.416 e. The first kappa shape index (κ1) is 18.5. The van der Waals surface area contributed by atoms with Crippen molar-refractivity contribution in [3.8, 4) is 11.1 Å². The van der Waals surface area contributed by atoms with Gasteiger partial charge in [0.1, 0.15) is 16.9 Å². The number of hydrogen-bond donors (Lipinski definition) is 4. The number of carbonyl (C=O) groups is 2. The number of aromatic amines is 1. The molecule has 2 rings (SSSR count). The average Bonchev–Trinajstić information content (AvgIpc) is 2.44. The number of carboxylic acids is 2. The number of anilines is 1. The molecule has 0 amide bonds. The maximum Gasteiger partial charge on any atom is 0.416 e. The van der Waals surface area contributed by atoms with Crippen molar-refractivity contribution in [2.24, 2.45) is 0 Å². The summed E-state index contributed by atoms with van der Waals surface area (Å²) in [5, 5.41) is 18.5. The van der Waals surface area contributed by atoms with Crippen LogP contribution in [0.1, 0.15) is 26.3 Å². The molecule has 1 heterocycles. The number of halogens is 4. The molecule has 0 atom stereocenters. The lowest BCUT2D eigenvalue weighted by Crippen LogP contribution is -2.24. The van der Waals surface area contributed by atoms with Crippen LogP contribution in [0.25, 0.3) is 11.1 Å². The van der Waals surface area contributed by atoms with Crippen LogP contribution in [0.4, 0.5) is 19.0 Å². The van der Waals surface area contributed by atoms with Gasteiger partial charge in [-0.3, -0.25) is 4.79 Å². The highest BCUT2D eigenvalue weighted by Gasteiger charge is 2.33. The Balaban J connectivity index is 3.03. The minimum Gasteiger partial charge on any atom is -0.478 e. The number of pyridine rings is 1. The molecular formula is C14H8BrF3N2O5. The molecule has 7 nitrogen and oxygen atoms in total. The number of hydrogen-bond acceptors (Lipinski definition) is 4. The third-order valence-electron chi connectivity index (χ3n) is 3.24. The van der Waals surface area contributed by atoms with Gasteiger partial charge in [0.2, 0.25) is 0 Å². The molecule has 0 saturated carbocycles. The van der Waals surface area contributed by atoms with Gasteiger partial charge in [-0.1, -0.05) is 15.9 Å². The van der Waals surface area contributed by atoms with Gasteiger partial charge >= 0.3 is 18.1 Å². The van der Waals surface area contributed by atoms with Crippen LogP contribution < -0.4 is 11.3 Å². The van der Waals surface area contributed by atoms with Crippen LogP contribution in [0.2, 0.25) is 0 Å². The van der Waals surface area contributed by atoms with Gasteiger partial charge in [-0.25, -0.2) is 9.59 Å². The largest absolute Gasteiger partial charge is 0.478 e. The normalized spacial score (nSPS) is 11.4. The van der Waals surface area contributed by atoms with E-state index >= 15 is 0 Å². The summed E-state index contributed by atoms with van der Waals surface area (Å²) >= 11 is 2.94. The van der Waals surface area contributed by atoms with Crippen LogP contribution in [0.3, 0.4) is 0 Å². The van der Waals surface area contributed by atoms with Crippen LogP contribution in [0, 0.1) is 0 Å². The Kier molecular flexibility index (Phi) is 4.62. The fraction of sp³-hybridized carbons (Fsp3) is 0.0714. The summed E-state index contributed by atoms with van der Waals surface area (Å²) in [6, 6.07) is 2.22. The van der Waals surface area contributed by atoms with Gasteiger partial charge < -0.3 is 20.9 Å². The van der Waals surface area contributed by atoms with Crippen LogP contribution in [0.15, 0.2) is 27.5 Å². The third-order valence-corrected chi connectivity index (χ3v) is 3.93. The first-order valence-electron chi connectivity index (χ1n) is 6.34. The third kappa shape index (κ3) is 3.36. The van der Waals surface area contributed by atoms with Gasteiger partial charge in [-0.2, -0.15) is 13.2 Å². The van der Waals surface area contributed by atoms with E-state index in [-0.39, 0.29) is 4.47 Å². The van der Waals surface area contributed by atoms with E-state index in [0.29, 0.717) is 12.1 Å². The Bertz CT molecular complexity index is 953. The zero-order chi connectivity index (χ0) is 19.1. The monoisotopic (exact) mass is 420 g/mol. The minimum absolute atomic E-state index is 0.0458. The predicted molar refractivity (Wildman–Crippen MR) is 83.5 cm³/mol. The number of rotatable bonds is 3. The average molecular weight is 421 g/mol. The Morgan fingerprint density at radius 3 is 2.16 bits per heavy atom. The van der Waals surface area contributed by atoms with E-state index in [1.165, 1.54) is 0 Å². The second-order valence-corrected chi connectivity index (χ2v) is 5.65. The van der Waals surface area contributed by atoms with Crippen LogP contribution in [-0.2, 0) is 6.18 Å². The van der Waals surface area contributed by atoms with Crippen molar-refractivity contribution in [2.75, 3.05) is 5.73 Å². The summed E-state index contributed by atoms with van der Waals surface area (Å²) in [6.45, 7) is 0. The lowest BCUT2D eigenvalue weighted by Gasteiger charge is -2.15. The second kappa shape index (κ2) is 6.24. The molecular weight excluding hydrogens is 413 g/mol. The van der Waals surface area contributed by atoms with Crippen LogP contribution in [0.5, 0.6) is 0 Å². The Morgan fingerprint density at radius 2 is 1.68 bits per heavy atom. The van der Waals surface area contributed by atoms with E-state index in [1.54, 1.807) is 0 Å².